The van der Waals surface area contributed by atoms with Crippen molar-refractivity contribution in [1.29, 1.82) is 0 Å². The summed E-state index contributed by atoms with van der Waals surface area (Å²) in [6.45, 7) is -0.322. The van der Waals surface area contributed by atoms with Gasteiger partial charge in [0.1, 0.15) is 18.6 Å². The molecule has 27 heavy (non-hydrogen) atoms. The van der Waals surface area contributed by atoms with Gasteiger partial charge >= 0.3 is 6.18 Å². The number of hydrogen-bond acceptors (Lipinski definition) is 4. The van der Waals surface area contributed by atoms with Crippen LogP contribution in [-0.2, 0) is 28.0 Å². The summed E-state index contributed by atoms with van der Waals surface area (Å²) >= 11 is 6.18. The lowest BCUT2D eigenvalue weighted by Gasteiger charge is -2.23. The van der Waals surface area contributed by atoms with E-state index in [2.05, 4.69) is 5.48 Å². The van der Waals surface area contributed by atoms with Crippen molar-refractivity contribution in [3.05, 3.63) is 76.5 Å². The minimum Gasteiger partial charge on any atom is -0.487 e. The molecule has 3 N–H and O–H groups in total. The van der Waals surface area contributed by atoms with E-state index in [0.29, 0.717) is 5.56 Å². The van der Waals surface area contributed by atoms with Crippen LogP contribution in [0, 0.1) is 0 Å². The van der Waals surface area contributed by atoms with Gasteiger partial charge in [0, 0.05) is 5.56 Å². The Morgan fingerprint density at radius 2 is 2.00 bits per heavy atom. The molecule has 0 saturated heterocycles. The zero-order valence-electron chi connectivity index (χ0n) is 13.7. The van der Waals surface area contributed by atoms with E-state index in [-0.39, 0.29) is 22.9 Å². The Kier molecular flexibility index (Phi) is 5.03. The van der Waals surface area contributed by atoms with Gasteiger partial charge in [-0.2, -0.15) is 13.2 Å². The van der Waals surface area contributed by atoms with Crippen molar-refractivity contribution < 1.29 is 27.5 Å². The summed E-state index contributed by atoms with van der Waals surface area (Å²) in [5.41, 5.74) is 6.16. The Morgan fingerprint density at radius 1 is 1.26 bits per heavy atom. The number of nitrogens with one attached hydrogen (secondary N) is 1. The number of alkyl halides is 3. The summed E-state index contributed by atoms with van der Waals surface area (Å²) in [6.07, 6.45) is -1.78. The van der Waals surface area contributed by atoms with Crippen molar-refractivity contribution in [2.24, 2.45) is 5.73 Å². The molecule has 2 aromatic rings. The van der Waals surface area contributed by atoms with Crippen LogP contribution < -0.4 is 16.0 Å². The number of hydroxylamine groups is 1. The molecule has 142 valence electrons. The van der Waals surface area contributed by atoms with Crippen LogP contribution in [-0.4, -0.2) is 5.91 Å². The molecule has 2 aromatic carbocycles. The second-order valence-electron chi connectivity index (χ2n) is 5.78. The lowest BCUT2D eigenvalue weighted by Crippen LogP contribution is -2.48. The summed E-state index contributed by atoms with van der Waals surface area (Å²) in [5, 5.41) is 0.111. The predicted octanol–water partition coefficient (Wildman–Crippen LogP) is 3.67. The molecular formula is C18H14ClF3N2O3. The second-order valence-corrected chi connectivity index (χ2v) is 6.19. The van der Waals surface area contributed by atoms with E-state index in [1.165, 1.54) is 48.7 Å². The third-order valence-electron chi connectivity index (χ3n) is 4.09. The minimum absolute atomic E-state index is 0.0208. The van der Waals surface area contributed by atoms with Gasteiger partial charge in [0.15, 0.2) is 5.54 Å². The Bertz CT molecular complexity index is 902. The predicted molar refractivity (Wildman–Crippen MR) is 91.5 cm³/mol. The summed E-state index contributed by atoms with van der Waals surface area (Å²) in [5.74, 6) is -0.542. The second kappa shape index (κ2) is 7.13. The van der Waals surface area contributed by atoms with Gasteiger partial charge in [-0.3, -0.25) is 4.79 Å². The number of ether oxygens (including phenoxy) is 1. The standard InChI is InChI=1S/C18H14ClF3N2O3/c19-14-9-12(17(16(23)25)7-8-27-24-17)5-6-15(14)26-10-11-3-1-2-4-13(11)18(20,21)22/h1-9,24H,10H2,(H2,23,25). The highest BCUT2D eigenvalue weighted by atomic mass is 35.5. The van der Waals surface area contributed by atoms with Gasteiger partial charge in [-0.25, -0.2) is 0 Å². The molecule has 1 aliphatic heterocycles. The van der Waals surface area contributed by atoms with Gasteiger partial charge in [-0.1, -0.05) is 35.9 Å². The van der Waals surface area contributed by atoms with E-state index in [1.807, 2.05) is 0 Å². The molecule has 0 fully saturated rings. The normalized spacial score (nSPS) is 19.0. The number of hydrogen-bond donors (Lipinski definition) is 2. The van der Waals surface area contributed by atoms with E-state index < -0.39 is 23.2 Å². The SMILES string of the molecule is NC(=O)C1(c2ccc(OCc3ccccc3C(F)(F)F)c(Cl)c2)C=CON1. The molecule has 5 nitrogen and oxygen atoms in total. The van der Waals surface area contributed by atoms with Crippen LogP contribution in [0.4, 0.5) is 13.2 Å². The zero-order chi connectivity index (χ0) is 19.7. The summed E-state index contributed by atoms with van der Waals surface area (Å²) < 4.78 is 44.6. The smallest absolute Gasteiger partial charge is 0.416 e. The number of carbonyl (C=O) groups is 1. The van der Waals surface area contributed by atoms with Crippen LogP contribution in [0.25, 0.3) is 0 Å². The first-order chi connectivity index (χ1) is 12.7. The Balaban J connectivity index is 1.83. The van der Waals surface area contributed by atoms with Crippen molar-refractivity contribution >= 4 is 17.5 Å². The first-order valence-electron chi connectivity index (χ1n) is 7.72. The molecule has 0 radical (unpaired) electrons. The average Bonchev–Trinajstić information content (AvgIpc) is 3.11. The van der Waals surface area contributed by atoms with Gasteiger partial charge in [-0.05, 0) is 29.8 Å². The lowest BCUT2D eigenvalue weighted by molar-refractivity contribution is -0.138. The van der Waals surface area contributed by atoms with Crippen LogP contribution >= 0.6 is 11.6 Å². The summed E-state index contributed by atoms with van der Waals surface area (Å²) in [6, 6.07) is 9.52. The molecule has 3 rings (SSSR count). The molecule has 1 heterocycles. The molecule has 1 atom stereocenters. The maximum atomic E-state index is 13.0. The van der Waals surface area contributed by atoms with Gasteiger partial charge in [-0.15, -0.1) is 5.48 Å². The fraction of sp³-hybridized carbons (Fsp3) is 0.167. The molecular weight excluding hydrogens is 385 g/mol. The highest BCUT2D eigenvalue weighted by Gasteiger charge is 2.40. The zero-order valence-corrected chi connectivity index (χ0v) is 14.5. The maximum absolute atomic E-state index is 13.0. The van der Waals surface area contributed by atoms with Crippen LogP contribution in [0.15, 0.2) is 54.8 Å². The molecule has 0 aromatic heterocycles. The van der Waals surface area contributed by atoms with Crippen molar-refractivity contribution in [2.45, 2.75) is 18.3 Å². The Labute approximate surface area is 157 Å². The highest BCUT2D eigenvalue weighted by molar-refractivity contribution is 6.32. The molecule has 9 heteroatoms. The molecule has 0 spiro atoms. The quantitative estimate of drug-likeness (QED) is 0.806. The van der Waals surface area contributed by atoms with E-state index in [9.17, 15) is 18.0 Å². The molecule has 1 unspecified atom stereocenters. The largest absolute Gasteiger partial charge is 0.487 e. The van der Waals surface area contributed by atoms with Crippen LogP contribution in [0.3, 0.4) is 0 Å². The molecule has 0 bridgehead atoms. The number of benzene rings is 2. The minimum atomic E-state index is -4.48. The number of carbonyl (C=O) groups excluding carboxylic acids is 1. The monoisotopic (exact) mass is 398 g/mol. The van der Waals surface area contributed by atoms with Gasteiger partial charge < -0.3 is 15.3 Å². The van der Waals surface area contributed by atoms with Crippen molar-refractivity contribution in [2.75, 3.05) is 0 Å². The fourth-order valence-electron chi connectivity index (χ4n) is 2.67. The van der Waals surface area contributed by atoms with Gasteiger partial charge in [0.05, 0.1) is 10.6 Å². The first-order valence-corrected chi connectivity index (χ1v) is 8.10. The summed E-state index contributed by atoms with van der Waals surface area (Å²) in [4.78, 5) is 16.7. The first kappa shape index (κ1) is 19.1. The topological polar surface area (TPSA) is 73.6 Å². The lowest BCUT2D eigenvalue weighted by atomic mass is 9.90. The van der Waals surface area contributed by atoms with E-state index in [0.717, 1.165) is 6.07 Å². The van der Waals surface area contributed by atoms with Crippen LogP contribution in [0.2, 0.25) is 5.02 Å². The Hall–Kier alpha value is -2.71. The van der Waals surface area contributed by atoms with E-state index in [4.69, 9.17) is 26.9 Å². The third kappa shape index (κ3) is 3.72. The fourth-order valence-corrected chi connectivity index (χ4v) is 2.90. The van der Waals surface area contributed by atoms with E-state index >= 15 is 0 Å². The molecule has 0 saturated carbocycles. The third-order valence-corrected chi connectivity index (χ3v) is 4.38. The number of primary amides is 1. The number of amides is 1. The number of rotatable bonds is 5. The van der Waals surface area contributed by atoms with E-state index in [1.54, 1.807) is 0 Å². The number of halogens is 4. The highest BCUT2D eigenvalue weighted by Crippen LogP contribution is 2.35. The average molecular weight is 399 g/mol. The van der Waals surface area contributed by atoms with Crippen LogP contribution in [0.5, 0.6) is 5.75 Å². The van der Waals surface area contributed by atoms with Crippen molar-refractivity contribution in [3.63, 3.8) is 0 Å². The molecule has 1 aliphatic rings. The van der Waals surface area contributed by atoms with Gasteiger partial charge in [0.2, 0.25) is 5.91 Å². The molecule has 0 aliphatic carbocycles. The maximum Gasteiger partial charge on any atom is 0.416 e. The van der Waals surface area contributed by atoms with Crippen molar-refractivity contribution in [3.8, 4) is 5.75 Å². The van der Waals surface area contributed by atoms with Crippen molar-refractivity contribution in [1.82, 2.24) is 5.48 Å². The number of nitrogens with two attached hydrogens (primary N) is 1. The summed E-state index contributed by atoms with van der Waals surface area (Å²) in [7, 11) is 0. The van der Waals surface area contributed by atoms with Crippen LogP contribution in [0.1, 0.15) is 16.7 Å². The van der Waals surface area contributed by atoms with Gasteiger partial charge in [0.25, 0.3) is 0 Å². The Morgan fingerprint density at radius 3 is 2.59 bits per heavy atom. The molecule has 1 amide bonds.